The van der Waals surface area contributed by atoms with E-state index in [-0.39, 0.29) is 30.1 Å². The van der Waals surface area contributed by atoms with Crippen LogP contribution in [0.2, 0.25) is 0 Å². The van der Waals surface area contributed by atoms with E-state index in [9.17, 15) is 9.59 Å². The second kappa shape index (κ2) is 7.55. The van der Waals surface area contributed by atoms with E-state index >= 15 is 0 Å². The summed E-state index contributed by atoms with van der Waals surface area (Å²) in [5.74, 6) is 0.769. The zero-order valence-corrected chi connectivity index (χ0v) is 15.1. The van der Waals surface area contributed by atoms with Crippen LogP contribution in [0.25, 0.3) is 0 Å². The maximum absolute atomic E-state index is 12.5. The highest BCUT2D eigenvalue weighted by Crippen LogP contribution is 2.24. The average Bonchev–Trinajstić information content (AvgIpc) is 2.87. The van der Waals surface area contributed by atoms with Crippen LogP contribution in [0.4, 0.5) is 10.5 Å². The second-order valence-electron chi connectivity index (χ2n) is 6.65. The van der Waals surface area contributed by atoms with Gasteiger partial charge in [0.1, 0.15) is 5.75 Å². The zero-order chi connectivity index (χ0) is 17.9. The molecule has 1 unspecified atom stereocenters. The molecule has 132 valence electrons. The number of ether oxygens (including phenoxy) is 1. The van der Waals surface area contributed by atoms with E-state index in [2.05, 4.69) is 5.32 Å². The fraction of sp³-hybridized carbons (Fsp3) is 0.556. The van der Waals surface area contributed by atoms with E-state index in [1.165, 1.54) is 0 Å². The van der Waals surface area contributed by atoms with Crippen molar-refractivity contribution in [3.63, 3.8) is 0 Å². The molecule has 1 aliphatic heterocycles. The molecule has 1 aromatic rings. The van der Waals surface area contributed by atoms with Gasteiger partial charge in [0, 0.05) is 30.7 Å². The van der Waals surface area contributed by atoms with Crippen LogP contribution >= 0.6 is 0 Å². The Morgan fingerprint density at radius 2 is 1.79 bits per heavy atom. The van der Waals surface area contributed by atoms with Gasteiger partial charge in [-0.15, -0.1) is 0 Å². The summed E-state index contributed by atoms with van der Waals surface area (Å²) in [5.41, 5.74) is 0.821. The standard InChI is InChI=1S/C18H27N3O3/c1-12(2)21(13(3)4)18(23)19-14-10-17(22)20(11-14)15-6-8-16(24-5)9-7-15/h6-9,12-14H,10-11H2,1-5H3,(H,19,23). The predicted molar refractivity (Wildman–Crippen MR) is 94.4 cm³/mol. The van der Waals surface area contributed by atoms with Gasteiger partial charge in [0.2, 0.25) is 5.91 Å². The fourth-order valence-electron chi connectivity index (χ4n) is 3.13. The first-order valence-corrected chi connectivity index (χ1v) is 8.36. The topological polar surface area (TPSA) is 61.9 Å². The third-order valence-corrected chi connectivity index (χ3v) is 4.18. The molecular weight excluding hydrogens is 306 g/mol. The molecule has 1 saturated heterocycles. The lowest BCUT2D eigenvalue weighted by Gasteiger charge is -2.32. The van der Waals surface area contributed by atoms with Crippen LogP contribution in [0.15, 0.2) is 24.3 Å². The molecule has 24 heavy (non-hydrogen) atoms. The van der Waals surface area contributed by atoms with Crippen LogP contribution in [0.3, 0.4) is 0 Å². The van der Waals surface area contributed by atoms with Crippen molar-refractivity contribution in [3.8, 4) is 5.75 Å². The summed E-state index contributed by atoms with van der Waals surface area (Å²) in [5, 5.41) is 2.99. The molecule has 0 radical (unpaired) electrons. The van der Waals surface area contributed by atoms with Crippen molar-refractivity contribution < 1.29 is 14.3 Å². The quantitative estimate of drug-likeness (QED) is 0.901. The van der Waals surface area contributed by atoms with Crippen LogP contribution in [0.1, 0.15) is 34.1 Å². The molecule has 1 aromatic carbocycles. The van der Waals surface area contributed by atoms with E-state index in [1.807, 2.05) is 52.0 Å². The molecule has 0 aliphatic carbocycles. The third-order valence-electron chi connectivity index (χ3n) is 4.18. The summed E-state index contributed by atoms with van der Waals surface area (Å²) in [7, 11) is 1.61. The Labute approximate surface area is 143 Å². The molecule has 6 nitrogen and oxygen atoms in total. The lowest BCUT2D eigenvalue weighted by atomic mass is 10.2. The van der Waals surface area contributed by atoms with E-state index in [0.29, 0.717) is 13.0 Å². The van der Waals surface area contributed by atoms with Gasteiger partial charge in [-0.25, -0.2) is 4.79 Å². The molecule has 0 spiro atoms. The number of benzene rings is 1. The first-order valence-electron chi connectivity index (χ1n) is 8.36. The van der Waals surface area contributed by atoms with Gasteiger partial charge in [0.25, 0.3) is 0 Å². The fourth-order valence-corrected chi connectivity index (χ4v) is 3.13. The molecule has 0 bridgehead atoms. The van der Waals surface area contributed by atoms with E-state index in [1.54, 1.807) is 16.9 Å². The number of urea groups is 1. The number of amides is 3. The lowest BCUT2D eigenvalue weighted by Crippen LogP contribution is -2.51. The molecule has 1 aliphatic rings. The summed E-state index contributed by atoms with van der Waals surface area (Å²) in [6.07, 6.45) is 0.321. The van der Waals surface area contributed by atoms with Gasteiger partial charge in [0.05, 0.1) is 13.2 Å². The minimum atomic E-state index is -0.174. The number of anilines is 1. The average molecular weight is 333 g/mol. The molecule has 1 heterocycles. The largest absolute Gasteiger partial charge is 0.497 e. The van der Waals surface area contributed by atoms with Crippen LogP contribution in [0.5, 0.6) is 5.75 Å². The molecule has 1 N–H and O–H groups in total. The van der Waals surface area contributed by atoms with E-state index in [4.69, 9.17) is 4.74 Å². The van der Waals surface area contributed by atoms with Gasteiger partial charge >= 0.3 is 6.03 Å². The van der Waals surface area contributed by atoms with E-state index in [0.717, 1.165) is 11.4 Å². The number of carbonyl (C=O) groups is 2. The van der Waals surface area contributed by atoms with Gasteiger partial charge in [0.15, 0.2) is 0 Å². The molecule has 3 amide bonds. The Hall–Kier alpha value is -2.24. The van der Waals surface area contributed by atoms with Crippen molar-refractivity contribution in [3.05, 3.63) is 24.3 Å². The second-order valence-corrected chi connectivity index (χ2v) is 6.65. The first kappa shape index (κ1) is 18.1. The molecule has 2 rings (SSSR count). The summed E-state index contributed by atoms with van der Waals surface area (Å²) >= 11 is 0. The maximum Gasteiger partial charge on any atom is 0.318 e. The highest BCUT2D eigenvalue weighted by molar-refractivity contribution is 5.96. The van der Waals surface area contributed by atoms with Gasteiger partial charge in [-0.2, -0.15) is 0 Å². The Morgan fingerprint density at radius 1 is 1.21 bits per heavy atom. The SMILES string of the molecule is COc1ccc(N2CC(NC(=O)N(C(C)C)C(C)C)CC2=O)cc1. The van der Waals surface area contributed by atoms with E-state index < -0.39 is 0 Å². The molecule has 0 aromatic heterocycles. The first-order chi connectivity index (χ1) is 11.3. The lowest BCUT2D eigenvalue weighted by molar-refractivity contribution is -0.117. The van der Waals surface area contributed by atoms with Gasteiger partial charge in [-0.1, -0.05) is 0 Å². The molecule has 1 fully saturated rings. The molecule has 1 atom stereocenters. The number of rotatable bonds is 5. The number of carbonyl (C=O) groups excluding carboxylic acids is 2. The Bertz CT molecular complexity index is 576. The van der Waals surface area contributed by atoms with Crippen molar-refractivity contribution >= 4 is 17.6 Å². The van der Waals surface area contributed by atoms with Crippen LogP contribution < -0.4 is 15.0 Å². The minimum absolute atomic E-state index is 0.0195. The van der Waals surface area contributed by atoms with Gasteiger partial charge in [-0.3, -0.25) is 4.79 Å². The van der Waals surface area contributed by atoms with Crippen LogP contribution in [-0.2, 0) is 4.79 Å². The normalized spacial score (nSPS) is 17.5. The van der Waals surface area contributed by atoms with Crippen molar-refractivity contribution in [2.75, 3.05) is 18.6 Å². The minimum Gasteiger partial charge on any atom is -0.497 e. The molecule has 6 heteroatoms. The summed E-state index contributed by atoms with van der Waals surface area (Å²) in [6, 6.07) is 7.30. The number of hydrogen-bond acceptors (Lipinski definition) is 3. The molecular formula is C18H27N3O3. The Balaban J connectivity index is 2.02. The van der Waals surface area contributed by atoms with Gasteiger partial charge in [-0.05, 0) is 52.0 Å². The van der Waals surface area contributed by atoms with Crippen molar-refractivity contribution in [2.45, 2.75) is 52.2 Å². The van der Waals surface area contributed by atoms with Crippen molar-refractivity contribution in [2.24, 2.45) is 0 Å². The van der Waals surface area contributed by atoms with Crippen LogP contribution in [0, 0.1) is 0 Å². The van der Waals surface area contributed by atoms with Crippen molar-refractivity contribution in [1.82, 2.24) is 10.2 Å². The Morgan fingerprint density at radius 3 is 2.29 bits per heavy atom. The maximum atomic E-state index is 12.5. The van der Waals surface area contributed by atoms with Crippen molar-refractivity contribution in [1.29, 1.82) is 0 Å². The number of hydrogen-bond donors (Lipinski definition) is 1. The Kier molecular flexibility index (Phi) is 5.70. The third kappa shape index (κ3) is 3.99. The van der Waals surface area contributed by atoms with Gasteiger partial charge < -0.3 is 19.9 Å². The summed E-state index contributed by atoms with van der Waals surface area (Å²) in [4.78, 5) is 28.3. The smallest absolute Gasteiger partial charge is 0.318 e. The molecule has 0 saturated carbocycles. The number of nitrogens with one attached hydrogen (secondary N) is 1. The predicted octanol–water partition coefficient (Wildman–Crippen LogP) is 2.63. The highest BCUT2D eigenvalue weighted by atomic mass is 16.5. The number of nitrogens with zero attached hydrogens (tertiary/aromatic N) is 2. The highest BCUT2D eigenvalue weighted by Gasteiger charge is 2.33. The summed E-state index contributed by atoms with van der Waals surface area (Å²) in [6.45, 7) is 8.44. The summed E-state index contributed by atoms with van der Waals surface area (Å²) < 4.78 is 5.14. The zero-order valence-electron chi connectivity index (χ0n) is 15.1. The van der Waals surface area contributed by atoms with Crippen LogP contribution in [-0.4, -0.2) is 48.6 Å². The monoisotopic (exact) mass is 333 g/mol. The number of methoxy groups -OCH3 is 1.